The van der Waals surface area contributed by atoms with E-state index in [0.29, 0.717) is 23.5 Å². The number of hydrogen-bond donors (Lipinski definition) is 1. The van der Waals surface area contributed by atoms with E-state index in [-0.39, 0.29) is 11.5 Å². The Morgan fingerprint density at radius 2 is 2.00 bits per heavy atom. The molecule has 1 unspecified atom stereocenters. The topological polar surface area (TPSA) is 37.3 Å². The van der Waals surface area contributed by atoms with Crippen LogP contribution in [-0.4, -0.2) is 17.0 Å². The second-order valence-corrected chi connectivity index (χ2v) is 8.51. The van der Waals surface area contributed by atoms with Crippen molar-refractivity contribution in [2.75, 3.05) is 0 Å². The zero-order chi connectivity index (χ0) is 14.8. The summed E-state index contributed by atoms with van der Waals surface area (Å²) in [5, 5.41) is 10.7. The normalized spacial score (nSPS) is 52.7. The molecule has 3 saturated carbocycles. The third kappa shape index (κ3) is 1.91. The molecule has 0 heterocycles. The Kier molecular flexibility index (Phi) is 3.12. The fraction of sp³-hybridized carbons (Fsp3) is 0.842. The summed E-state index contributed by atoms with van der Waals surface area (Å²) in [4.78, 5) is 11.7. The maximum Gasteiger partial charge on any atom is 0.155 e. The summed E-state index contributed by atoms with van der Waals surface area (Å²) in [7, 11) is 0. The first kappa shape index (κ1) is 14.0. The van der Waals surface area contributed by atoms with E-state index in [9.17, 15) is 9.90 Å². The Balaban J connectivity index is 1.64. The van der Waals surface area contributed by atoms with Gasteiger partial charge in [-0.2, -0.15) is 0 Å². The molecule has 7 atom stereocenters. The summed E-state index contributed by atoms with van der Waals surface area (Å²) >= 11 is 0. The van der Waals surface area contributed by atoms with E-state index in [0.717, 1.165) is 31.1 Å². The number of hydrogen-bond acceptors (Lipinski definition) is 2. The number of rotatable bonds is 0. The standard InChI is InChI=1S/C19H28O2/c1-11-9-17-16-5-3-12-10-13(20)4-6-14(12)15(16)7-8-19(17,2)18(11)21/h10-11,14-18,21H,3-9H2,1-2H3/t11-,14?,15-,16-,17+,18+,19+/m1/s1. The van der Waals surface area contributed by atoms with Crippen molar-refractivity contribution in [2.45, 2.75) is 64.9 Å². The molecule has 2 nitrogen and oxygen atoms in total. The summed E-state index contributed by atoms with van der Waals surface area (Å²) in [5.41, 5.74) is 1.62. The monoisotopic (exact) mass is 288 g/mol. The average Bonchev–Trinajstić information content (AvgIpc) is 2.70. The van der Waals surface area contributed by atoms with Crippen LogP contribution in [0.25, 0.3) is 0 Å². The van der Waals surface area contributed by atoms with Crippen LogP contribution >= 0.6 is 0 Å². The van der Waals surface area contributed by atoms with Crippen molar-refractivity contribution < 1.29 is 9.90 Å². The molecule has 0 amide bonds. The molecule has 1 N–H and O–H groups in total. The first-order valence-electron chi connectivity index (χ1n) is 8.92. The molecular weight excluding hydrogens is 260 g/mol. The second kappa shape index (κ2) is 4.68. The highest BCUT2D eigenvalue weighted by Gasteiger charge is 2.57. The molecule has 0 aliphatic heterocycles. The van der Waals surface area contributed by atoms with Crippen molar-refractivity contribution in [1.82, 2.24) is 0 Å². The summed E-state index contributed by atoms with van der Waals surface area (Å²) in [6.07, 6.45) is 9.77. The third-order valence-electron chi connectivity index (χ3n) is 7.58. The van der Waals surface area contributed by atoms with Gasteiger partial charge in [0.15, 0.2) is 5.78 Å². The van der Waals surface area contributed by atoms with Crippen molar-refractivity contribution in [3.05, 3.63) is 11.6 Å². The van der Waals surface area contributed by atoms with Crippen LogP contribution in [0.3, 0.4) is 0 Å². The highest BCUT2D eigenvalue weighted by Crippen LogP contribution is 2.62. The lowest BCUT2D eigenvalue weighted by Gasteiger charge is -2.53. The van der Waals surface area contributed by atoms with Gasteiger partial charge in [-0.3, -0.25) is 4.79 Å². The minimum atomic E-state index is -0.103. The number of carbonyl (C=O) groups is 1. The van der Waals surface area contributed by atoms with Crippen LogP contribution < -0.4 is 0 Å². The molecule has 4 rings (SSSR count). The van der Waals surface area contributed by atoms with E-state index in [1.54, 1.807) is 0 Å². The van der Waals surface area contributed by atoms with E-state index < -0.39 is 0 Å². The molecule has 0 aromatic heterocycles. The lowest BCUT2D eigenvalue weighted by Crippen LogP contribution is -2.47. The molecule has 0 bridgehead atoms. The third-order valence-corrected chi connectivity index (χ3v) is 7.58. The van der Waals surface area contributed by atoms with Crippen molar-refractivity contribution in [1.29, 1.82) is 0 Å². The van der Waals surface area contributed by atoms with Gasteiger partial charge in [0.1, 0.15) is 0 Å². The Labute approximate surface area is 128 Å². The number of ketones is 1. The van der Waals surface area contributed by atoms with Gasteiger partial charge in [-0.25, -0.2) is 0 Å². The van der Waals surface area contributed by atoms with Gasteiger partial charge >= 0.3 is 0 Å². The number of fused-ring (bicyclic) bond motifs is 5. The first-order chi connectivity index (χ1) is 10.0. The second-order valence-electron chi connectivity index (χ2n) is 8.51. The maximum absolute atomic E-state index is 11.7. The van der Waals surface area contributed by atoms with Crippen LogP contribution in [0.2, 0.25) is 0 Å². The molecule has 116 valence electrons. The molecule has 0 saturated heterocycles. The van der Waals surface area contributed by atoms with Crippen molar-refractivity contribution >= 4 is 5.78 Å². The van der Waals surface area contributed by atoms with Crippen LogP contribution in [0.1, 0.15) is 58.8 Å². The fourth-order valence-electron chi connectivity index (χ4n) is 6.52. The molecular formula is C19H28O2. The van der Waals surface area contributed by atoms with Crippen molar-refractivity contribution in [3.63, 3.8) is 0 Å². The predicted molar refractivity (Wildman–Crippen MR) is 82.6 cm³/mol. The van der Waals surface area contributed by atoms with Crippen LogP contribution in [0.4, 0.5) is 0 Å². The number of carbonyl (C=O) groups excluding carboxylic acids is 1. The van der Waals surface area contributed by atoms with Crippen molar-refractivity contribution in [3.8, 4) is 0 Å². The van der Waals surface area contributed by atoms with Gasteiger partial charge in [0, 0.05) is 6.42 Å². The Morgan fingerprint density at radius 1 is 1.19 bits per heavy atom. The maximum atomic E-state index is 11.7. The van der Waals surface area contributed by atoms with Gasteiger partial charge in [-0.15, -0.1) is 0 Å². The Bertz CT molecular complexity index is 494. The van der Waals surface area contributed by atoms with Gasteiger partial charge in [0.05, 0.1) is 6.10 Å². The molecule has 0 radical (unpaired) electrons. The minimum Gasteiger partial charge on any atom is -0.392 e. The van der Waals surface area contributed by atoms with Crippen molar-refractivity contribution in [2.24, 2.45) is 35.0 Å². The largest absolute Gasteiger partial charge is 0.392 e. The first-order valence-corrected chi connectivity index (χ1v) is 8.92. The van der Waals surface area contributed by atoms with Crippen LogP contribution in [0, 0.1) is 35.0 Å². The van der Waals surface area contributed by atoms with Gasteiger partial charge in [0.25, 0.3) is 0 Å². The molecule has 2 heteroatoms. The molecule has 0 aromatic carbocycles. The van der Waals surface area contributed by atoms with Crippen LogP contribution in [0.5, 0.6) is 0 Å². The summed E-state index contributed by atoms with van der Waals surface area (Å²) < 4.78 is 0. The molecule has 0 spiro atoms. The van der Waals surface area contributed by atoms with Crippen LogP contribution in [0.15, 0.2) is 11.6 Å². The Morgan fingerprint density at radius 3 is 2.81 bits per heavy atom. The molecule has 4 aliphatic rings. The predicted octanol–water partition coefficient (Wildman–Crippen LogP) is 3.74. The lowest BCUT2D eigenvalue weighted by molar-refractivity contribution is -0.116. The highest BCUT2D eigenvalue weighted by molar-refractivity contribution is 5.91. The lowest BCUT2D eigenvalue weighted by atomic mass is 9.52. The summed E-state index contributed by atoms with van der Waals surface area (Å²) in [6, 6.07) is 0. The van der Waals surface area contributed by atoms with Gasteiger partial charge in [-0.05, 0) is 79.6 Å². The average molecular weight is 288 g/mol. The molecule has 0 aromatic rings. The molecule has 4 aliphatic carbocycles. The van der Waals surface area contributed by atoms with Gasteiger partial charge in [-0.1, -0.05) is 19.4 Å². The molecule has 21 heavy (non-hydrogen) atoms. The summed E-state index contributed by atoms with van der Waals surface area (Å²) in [5.74, 6) is 3.78. The van der Waals surface area contributed by atoms with E-state index in [1.165, 1.54) is 31.3 Å². The zero-order valence-corrected chi connectivity index (χ0v) is 13.3. The minimum absolute atomic E-state index is 0.103. The quantitative estimate of drug-likeness (QED) is 0.737. The van der Waals surface area contributed by atoms with E-state index in [4.69, 9.17) is 0 Å². The Hall–Kier alpha value is -0.630. The fourth-order valence-corrected chi connectivity index (χ4v) is 6.52. The number of allylic oxidation sites excluding steroid dienone is 1. The van der Waals surface area contributed by atoms with Gasteiger partial charge in [0.2, 0.25) is 0 Å². The van der Waals surface area contributed by atoms with Gasteiger partial charge < -0.3 is 5.11 Å². The molecule has 3 fully saturated rings. The smallest absolute Gasteiger partial charge is 0.155 e. The van der Waals surface area contributed by atoms with E-state index >= 15 is 0 Å². The SMILES string of the molecule is C[C@@H]1C[C@H]2[C@@H]3CCC4=CC(=O)CCC4[C@H]3CC[C@]2(C)[C@H]1O. The van der Waals surface area contributed by atoms with E-state index in [1.807, 2.05) is 6.08 Å². The van der Waals surface area contributed by atoms with Crippen LogP contribution in [-0.2, 0) is 4.79 Å². The zero-order valence-electron chi connectivity index (χ0n) is 13.3. The van der Waals surface area contributed by atoms with E-state index in [2.05, 4.69) is 13.8 Å². The number of aliphatic hydroxyl groups is 1. The highest BCUT2D eigenvalue weighted by atomic mass is 16.3. The summed E-state index contributed by atoms with van der Waals surface area (Å²) in [6.45, 7) is 4.58. The number of aliphatic hydroxyl groups excluding tert-OH is 1.